The fourth-order valence-corrected chi connectivity index (χ4v) is 2.23. The summed E-state index contributed by atoms with van der Waals surface area (Å²) in [5.41, 5.74) is 7.07. The minimum Gasteiger partial charge on any atom is -0.399 e. The maximum absolute atomic E-state index is 12.0. The Balaban J connectivity index is 1.78. The summed E-state index contributed by atoms with van der Waals surface area (Å²) >= 11 is 0. The number of benzene rings is 1. The van der Waals surface area contributed by atoms with Gasteiger partial charge in [-0.2, -0.15) is 0 Å². The monoisotopic (exact) mass is 262 g/mol. The number of nitrogen functional groups attached to an aromatic ring is 1. The van der Waals surface area contributed by atoms with Gasteiger partial charge in [0.2, 0.25) is 0 Å². The van der Waals surface area contributed by atoms with Crippen LogP contribution in [0.3, 0.4) is 0 Å². The molecule has 0 saturated carbocycles. The highest BCUT2D eigenvalue weighted by Gasteiger charge is 2.14. The maximum atomic E-state index is 12.0. The summed E-state index contributed by atoms with van der Waals surface area (Å²) in [6, 6.07) is 7.13. The van der Waals surface area contributed by atoms with Gasteiger partial charge in [0.15, 0.2) is 0 Å². The number of nitrogens with one attached hydrogen (secondary N) is 1. The average Bonchev–Trinajstić information content (AvgIpc) is 2.89. The van der Waals surface area contributed by atoms with E-state index in [1.54, 1.807) is 17.0 Å². The zero-order chi connectivity index (χ0) is 13.7. The molecule has 0 aliphatic carbocycles. The normalized spacial score (nSPS) is 15.4. The molecule has 0 radical (unpaired) electrons. The number of hydrogen-bond donors (Lipinski definition) is 2. The van der Waals surface area contributed by atoms with Crippen molar-refractivity contribution in [2.75, 3.05) is 44.3 Å². The molecule has 0 bridgehead atoms. The number of nitrogens with zero attached hydrogens (tertiary/aromatic N) is 2. The van der Waals surface area contributed by atoms with Crippen molar-refractivity contribution in [3.8, 4) is 0 Å². The number of nitrogens with two attached hydrogens (primary N) is 1. The van der Waals surface area contributed by atoms with E-state index in [4.69, 9.17) is 5.73 Å². The summed E-state index contributed by atoms with van der Waals surface area (Å²) < 4.78 is 0. The third-order valence-electron chi connectivity index (χ3n) is 3.43. The molecule has 104 valence electrons. The van der Waals surface area contributed by atoms with Crippen LogP contribution in [0, 0.1) is 0 Å². The van der Waals surface area contributed by atoms with E-state index in [9.17, 15) is 4.79 Å². The lowest BCUT2D eigenvalue weighted by molar-refractivity contribution is 0.213. The molecule has 5 heteroatoms. The first-order chi connectivity index (χ1) is 9.15. The van der Waals surface area contributed by atoms with E-state index in [-0.39, 0.29) is 6.03 Å². The molecule has 0 atom stereocenters. The molecule has 1 fully saturated rings. The third kappa shape index (κ3) is 4.13. The number of rotatable bonds is 4. The van der Waals surface area contributed by atoms with Crippen molar-refractivity contribution in [1.82, 2.24) is 9.80 Å². The number of carbonyl (C=O) groups is 1. The summed E-state index contributed by atoms with van der Waals surface area (Å²) in [4.78, 5) is 16.1. The summed E-state index contributed by atoms with van der Waals surface area (Å²) in [7, 11) is 1.82. The van der Waals surface area contributed by atoms with Crippen LogP contribution in [0.2, 0.25) is 0 Å². The van der Waals surface area contributed by atoms with Gasteiger partial charge in [0.25, 0.3) is 0 Å². The van der Waals surface area contributed by atoms with Gasteiger partial charge in [-0.05, 0) is 44.1 Å². The predicted molar refractivity (Wildman–Crippen MR) is 78.2 cm³/mol. The number of urea groups is 1. The second-order valence-corrected chi connectivity index (χ2v) is 5.03. The first-order valence-electron chi connectivity index (χ1n) is 6.75. The Kier molecular flexibility index (Phi) is 4.63. The Hall–Kier alpha value is -1.75. The van der Waals surface area contributed by atoms with Gasteiger partial charge in [-0.15, -0.1) is 0 Å². The molecule has 3 N–H and O–H groups in total. The molecule has 0 unspecified atom stereocenters. The molecule has 19 heavy (non-hydrogen) atoms. The molecule has 1 aliphatic rings. The van der Waals surface area contributed by atoms with Crippen molar-refractivity contribution in [2.24, 2.45) is 0 Å². The number of likely N-dealkylation sites (tertiary alicyclic amines) is 1. The quantitative estimate of drug-likeness (QED) is 0.814. The molecule has 1 aliphatic heterocycles. The largest absolute Gasteiger partial charge is 0.399 e. The van der Waals surface area contributed by atoms with Gasteiger partial charge in [-0.25, -0.2) is 4.79 Å². The maximum Gasteiger partial charge on any atom is 0.321 e. The van der Waals surface area contributed by atoms with E-state index >= 15 is 0 Å². The van der Waals surface area contributed by atoms with Crippen molar-refractivity contribution in [3.63, 3.8) is 0 Å². The highest BCUT2D eigenvalue weighted by Crippen LogP contribution is 2.12. The fraction of sp³-hybridized carbons (Fsp3) is 0.500. The van der Waals surface area contributed by atoms with Crippen LogP contribution in [0.5, 0.6) is 0 Å². The van der Waals surface area contributed by atoms with E-state index < -0.39 is 0 Å². The Bertz CT molecular complexity index is 429. The first kappa shape index (κ1) is 13.7. The van der Waals surface area contributed by atoms with E-state index in [1.165, 1.54) is 12.8 Å². The van der Waals surface area contributed by atoms with Crippen molar-refractivity contribution in [2.45, 2.75) is 12.8 Å². The topological polar surface area (TPSA) is 61.6 Å². The second-order valence-electron chi connectivity index (χ2n) is 5.03. The summed E-state index contributed by atoms with van der Waals surface area (Å²) in [6.45, 7) is 4.00. The Morgan fingerprint density at radius 2 is 2.16 bits per heavy atom. The minimum atomic E-state index is -0.0928. The predicted octanol–water partition coefficient (Wildman–Crippen LogP) is 1.83. The molecule has 1 aromatic carbocycles. The number of likely N-dealkylation sites (N-methyl/N-ethyl adjacent to an activating group) is 1. The van der Waals surface area contributed by atoms with Crippen LogP contribution in [-0.2, 0) is 0 Å². The van der Waals surface area contributed by atoms with Crippen LogP contribution >= 0.6 is 0 Å². The van der Waals surface area contributed by atoms with Gasteiger partial charge in [0.05, 0.1) is 0 Å². The van der Waals surface area contributed by atoms with Gasteiger partial charge in [-0.1, -0.05) is 6.07 Å². The molecule has 1 heterocycles. The fourth-order valence-electron chi connectivity index (χ4n) is 2.23. The number of amides is 2. The van der Waals surface area contributed by atoms with Gasteiger partial charge in [-0.3, -0.25) is 0 Å². The van der Waals surface area contributed by atoms with Gasteiger partial charge in [0.1, 0.15) is 0 Å². The van der Waals surface area contributed by atoms with Crippen LogP contribution in [0.4, 0.5) is 16.2 Å². The number of anilines is 2. The third-order valence-corrected chi connectivity index (χ3v) is 3.43. The average molecular weight is 262 g/mol. The highest BCUT2D eigenvalue weighted by molar-refractivity contribution is 5.89. The molecule has 0 spiro atoms. The van der Waals surface area contributed by atoms with Crippen molar-refractivity contribution in [1.29, 1.82) is 0 Å². The van der Waals surface area contributed by atoms with Gasteiger partial charge in [0, 0.05) is 31.5 Å². The zero-order valence-corrected chi connectivity index (χ0v) is 11.4. The molecular formula is C14H22N4O. The number of carbonyl (C=O) groups excluding carboxylic acids is 1. The minimum absolute atomic E-state index is 0.0928. The Morgan fingerprint density at radius 3 is 2.84 bits per heavy atom. The lowest BCUT2D eigenvalue weighted by Gasteiger charge is -2.21. The van der Waals surface area contributed by atoms with Crippen LogP contribution in [-0.4, -0.2) is 49.1 Å². The van der Waals surface area contributed by atoms with Crippen LogP contribution in [0.1, 0.15) is 12.8 Å². The van der Waals surface area contributed by atoms with Crippen LogP contribution < -0.4 is 11.1 Å². The van der Waals surface area contributed by atoms with Crippen LogP contribution in [0.15, 0.2) is 24.3 Å². The molecule has 2 rings (SSSR count). The molecule has 5 nitrogen and oxygen atoms in total. The second kappa shape index (κ2) is 6.43. The van der Waals surface area contributed by atoms with Gasteiger partial charge >= 0.3 is 6.03 Å². The molecule has 1 saturated heterocycles. The molecule has 0 aromatic heterocycles. The van der Waals surface area contributed by atoms with E-state index in [2.05, 4.69) is 10.2 Å². The van der Waals surface area contributed by atoms with E-state index in [0.717, 1.165) is 31.9 Å². The molecule has 2 amide bonds. The lowest BCUT2D eigenvalue weighted by atomic mass is 10.3. The Morgan fingerprint density at radius 1 is 1.42 bits per heavy atom. The smallest absolute Gasteiger partial charge is 0.321 e. The highest BCUT2D eigenvalue weighted by atomic mass is 16.2. The van der Waals surface area contributed by atoms with Gasteiger partial charge < -0.3 is 20.9 Å². The summed E-state index contributed by atoms with van der Waals surface area (Å²) in [6.07, 6.45) is 2.55. The zero-order valence-electron chi connectivity index (χ0n) is 11.4. The first-order valence-corrected chi connectivity index (χ1v) is 6.75. The summed E-state index contributed by atoms with van der Waals surface area (Å²) in [5.74, 6) is 0. The standard InChI is InChI=1S/C14H22N4O/c1-17(9-10-18-7-2-3-8-18)14(19)16-13-6-4-5-12(15)11-13/h4-6,11H,2-3,7-10,15H2,1H3,(H,16,19). The summed E-state index contributed by atoms with van der Waals surface area (Å²) in [5, 5.41) is 2.85. The molecular weight excluding hydrogens is 240 g/mol. The van der Waals surface area contributed by atoms with E-state index in [1.807, 2.05) is 19.2 Å². The van der Waals surface area contributed by atoms with E-state index in [0.29, 0.717) is 5.69 Å². The Labute approximate surface area is 114 Å². The van der Waals surface area contributed by atoms with Crippen LogP contribution in [0.25, 0.3) is 0 Å². The molecule has 1 aromatic rings. The van der Waals surface area contributed by atoms with Crippen molar-refractivity contribution < 1.29 is 4.79 Å². The van der Waals surface area contributed by atoms with Crippen molar-refractivity contribution in [3.05, 3.63) is 24.3 Å². The lowest BCUT2D eigenvalue weighted by Crippen LogP contribution is -2.37. The number of hydrogen-bond acceptors (Lipinski definition) is 3. The SMILES string of the molecule is CN(CCN1CCCC1)C(=O)Nc1cccc(N)c1. The van der Waals surface area contributed by atoms with Crippen molar-refractivity contribution >= 4 is 17.4 Å².